The molecule has 1 unspecified atom stereocenters. The Hall–Kier alpha value is -3.97. The Kier molecular flexibility index (Phi) is 7.29. The molecule has 2 amide bonds. The molecule has 7 rings (SSSR count). The molecule has 3 aromatic carbocycles. The zero-order valence-corrected chi connectivity index (χ0v) is 25.1. The Labute approximate surface area is 253 Å². The maximum Gasteiger partial charge on any atom is 0.417 e. The number of aryl methyl sites for hydroxylation is 1. The van der Waals surface area contributed by atoms with E-state index in [9.17, 15) is 9.59 Å². The Balaban J connectivity index is 1.29. The number of likely N-dealkylation sites (tertiary alicyclic amines) is 1. The third-order valence-electron chi connectivity index (χ3n) is 9.99. The first kappa shape index (κ1) is 27.8. The second-order valence-electron chi connectivity index (χ2n) is 12.8. The molecule has 1 aliphatic carbocycles. The van der Waals surface area contributed by atoms with Gasteiger partial charge in [0.15, 0.2) is 0 Å². The van der Waals surface area contributed by atoms with Crippen LogP contribution in [0, 0.1) is 5.41 Å². The van der Waals surface area contributed by atoms with Crippen LogP contribution in [0.5, 0.6) is 0 Å². The fourth-order valence-electron chi connectivity index (χ4n) is 7.72. The van der Waals surface area contributed by atoms with Gasteiger partial charge in [-0.15, -0.1) is 0 Å². The van der Waals surface area contributed by atoms with Gasteiger partial charge < -0.3 is 4.74 Å². The molecule has 4 aromatic rings. The van der Waals surface area contributed by atoms with Crippen LogP contribution in [0.25, 0.3) is 10.9 Å². The third-order valence-corrected chi connectivity index (χ3v) is 9.99. The lowest BCUT2D eigenvalue weighted by Gasteiger charge is -2.34. The monoisotopic (exact) mass is 576 g/mol. The number of imide groups is 1. The van der Waals surface area contributed by atoms with E-state index in [1.807, 2.05) is 36.4 Å². The number of hydrogen-bond donors (Lipinski definition) is 0. The number of aromatic nitrogens is 2. The van der Waals surface area contributed by atoms with E-state index in [0.29, 0.717) is 12.6 Å². The minimum Gasteiger partial charge on any atom is -0.446 e. The first-order valence-electron chi connectivity index (χ1n) is 15.8. The van der Waals surface area contributed by atoms with Crippen LogP contribution in [0.2, 0.25) is 0 Å². The van der Waals surface area contributed by atoms with Gasteiger partial charge in [0.1, 0.15) is 12.6 Å². The highest BCUT2D eigenvalue weighted by Crippen LogP contribution is 2.47. The zero-order chi connectivity index (χ0) is 29.6. The lowest BCUT2D eigenvalue weighted by Crippen LogP contribution is -2.47. The fraction of sp³-hybridized carbons (Fsp3) is 0.417. The van der Waals surface area contributed by atoms with Crippen molar-refractivity contribution in [2.45, 2.75) is 70.5 Å². The molecule has 2 aliphatic heterocycles. The summed E-state index contributed by atoms with van der Waals surface area (Å²) in [7, 11) is 0. The van der Waals surface area contributed by atoms with Crippen LogP contribution in [-0.4, -0.2) is 51.3 Å². The molecule has 0 N–H and O–H groups in total. The average molecular weight is 577 g/mol. The van der Waals surface area contributed by atoms with E-state index in [0.717, 1.165) is 49.2 Å². The Morgan fingerprint density at radius 2 is 1.70 bits per heavy atom. The number of nitrogens with zero attached hydrogens (tertiary/aromatic N) is 4. The minimum absolute atomic E-state index is 0.102. The third kappa shape index (κ3) is 4.93. The molecule has 1 saturated carbocycles. The molecule has 0 spiro atoms. The highest BCUT2D eigenvalue weighted by Gasteiger charge is 2.54. The molecular weight excluding hydrogens is 536 g/mol. The van der Waals surface area contributed by atoms with Crippen LogP contribution < -0.4 is 0 Å². The first-order valence-corrected chi connectivity index (χ1v) is 15.8. The summed E-state index contributed by atoms with van der Waals surface area (Å²) in [5.41, 5.74) is 4.72. The van der Waals surface area contributed by atoms with Crippen molar-refractivity contribution in [1.82, 2.24) is 19.6 Å². The van der Waals surface area contributed by atoms with Gasteiger partial charge in [0.05, 0.1) is 22.7 Å². The standard InChI is InChI=1S/C36H40N4O3/c1-3-31-29-19-18-27(20-32(29)40(37-31)28-16-10-11-17-28)30-22-38(21-25-12-6-4-7-13-25)24-36(30,2)34(41)39-33(23-43-35(39)42)26-14-8-5-9-15-26/h4-9,12-15,18-20,28,30,33H,3,10-11,16-17,21-24H2,1-2H3/t30-,33?,36+/m0/s1. The summed E-state index contributed by atoms with van der Waals surface area (Å²) >= 11 is 0. The summed E-state index contributed by atoms with van der Waals surface area (Å²) in [4.78, 5) is 31.7. The van der Waals surface area contributed by atoms with Gasteiger partial charge in [0, 0.05) is 30.9 Å². The number of ether oxygens (including phenoxy) is 1. The van der Waals surface area contributed by atoms with E-state index >= 15 is 0 Å². The van der Waals surface area contributed by atoms with Gasteiger partial charge in [-0.05, 0) is 48.9 Å². The van der Waals surface area contributed by atoms with Gasteiger partial charge in [0.25, 0.3) is 0 Å². The first-order chi connectivity index (χ1) is 21.0. The summed E-state index contributed by atoms with van der Waals surface area (Å²) in [6, 6.07) is 26.9. The molecule has 3 heterocycles. The fourth-order valence-corrected chi connectivity index (χ4v) is 7.72. The lowest BCUT2D eigenvalue weighted by atomic mass is 9.74. The number of rotatable bonds is 7. The summed E-state index contributed by atoms with van der Waals surface area (Å²) in [6.07, 6.45) is 5.14. The summed E-state index contributed by atoms with van der Waals surface area (Å²) in [5, 5.41) is 6.29. The van der Waals surface area contributed by atoms with Crippen LogP contribution in [0.3, 0.4) is 0 Å². The highest BCUT2D eigenvalue weighted by atomic mass is 16.6. The molecule has 43 heavy (non-hydrogen) atoms. The zero-order valence-electron chi connectivity index (χ0n) is 25.1. The SMILES string of the molecule is CCc1nn(C2CCCC2)c2cc([C@@H]3CN(Cc4ccccc4)C[C@@]3(C)C(=O)N3C(=O)OCC3c3ccccc3)ccc12. The maximum absolute atomic E-state index is 14.7. The number of fused-ring (bicyclic) bond motifs is 1. The van der Waals surface area contributed by atoms with Crippen molar-refractivity contribution in [3.63, 3.8) is 0 Å². The predicted molar refractivity (Wildman–Crippen MR) is 167 cm³/mol. The van der Waals surface area contributed by atoms with Crippen molar-refractivity contribution < 1.29 is 14.3 Å². The number of cyclic esters (lactones) is 1. The van der Waals surface area contributed by atoms with Crippen molar-refractivity contribution in [3.8, 4) is 0 Å². The Morgan fingerprint density at radius 1 is 0.977 bits per heavy atom. The number of benzene rings is 3. The van der Waals surface area contributed by atoms with Crippen LogP contribution in [-0.2, 0) is 22.5 Å². The van der Waals surface area contributed by atoms with Gasteiger partial charge in [-0.2, -0.15) is 5.10 Å². The quantitative estimate of drug-likeness (QED) is 0.236. The van der Waals surface area contributed by atoms with Crippen molar-refractivity contribution in [2.75, 3.05) is 19.7 Å². The number of hydrogen-bond acceptors (Lipinski definition) is 5. The van der Waals surface area contributed by atoms with Crippen molar-refractivity contribution in [1.29, 1.82) is 0 Å². The van der Waals surface area contributed by atoms with Gasteiger partial charge >= 0.3 is 6.09 Å². The molecule has 7 nitrogen and oxygen atoms in total. The van der Waals surface area contributed by atoms with Crippen molar-refractivity contribution >= 4 is 22.9 Å². The summed E-state index contributed by atoms with van der Waals surface area (Å²) in [5.74, 6) is -0.266. The molecule has 0 bridgehead atoms. The van der Waals surface area contributed by atoms with E-state index in [-0.39, 0.29) is 18.4 Å². The van der Waals surface area contributed by atoms with E-state index in [4.69, 9.17) is 9.84 Å². The van der Waals surface area contributed by atoms with Gasteiger partial charge in [0.2, 0.25) is 5.91 Å². The largest absolute Gasteiger partial charge is 0.446 e. The molecule has 3 aliphatic rings. The molecular formula is C36H40N4O3. The number of carbonyl (C=O) groups excluding carboxylic acids is 2. The van der Waals surface area contributed by atoms with Crippen LogP contribution in [0.4, 0.5) is 4.79 Å². The molecule has 3 atom stereocenters. The van der Waals surface area contributed by atoms with Gasteiger partial charge in [-0.3, -0.25) is 14.4 Å². The van der Waals surface area contributed by atoms with E-state index in [2.05, 4.69) is 65.9 Å². The highest BCUT2D eigenvalue weighted by molar-refractivity contribution is 5.98. The van der Waals surface area contributed by atoms with Crippen LogP contribution in [0.1, 0.15) is 79.9 Å². The topological polar surface area (TPSA) is 67.7 Å². The lowest BCUT2D eigenvalue weighted by molar-refractivity contribution is -0.139. The smallest absolute Gasteiger partial charge is 0.417 e. The Morgan fingerprint density at radius 3 is 2.42 bits per heavy atom. The van der Waals surface area contributed by atoms with E-state index < -0.39 is 17.6 Å². The number of carbonyl (C=O) groups is 2. The Bertz CT molecular complexity index is 1630. The van der Waals surface area contributed by atoms with Crippen LogP contribution in [0.15, 0.2) is 78.9 Å². The molecule has 0 radical (unpaired) electrons. The van der Waals surface area contributed by atoms with E-state index in [1.165, 1.54) is 34.2 Å². The minimum atomic E-state index is -0.829. The maximum atomic E-state index is 14.7. The molecule has 7 heteroatoms. The van der Waals surface area contributed by atoms with E-state index in [1.54, 1.807) is 0 Å². The van der Waals surface area contributed by atoms with Gasteiger partial charge in [-0.25, -0.2) is 9.69 Å². The second kappa shape index (κ2) is 11.3. The van der Waals surface area contributed by atoms with Crippen LogP contribution >= 0.6 is 0 Å². The molecule has 1 aromatic heterocycles. The summed E-state index contributed by atoms with van der Waals surface area (Å²) in [6.45, 7) is 6.41. The molecule has 3 fully saturated rings. The number of amides is 2. The molecule has 222 valence electrons. The second-order valence-corrected chi connectivity index (χ2v) is 12.8. The van der Waals surface area contributed by atoms with Crippen molar-refractivity contribution in [2.24, 2.45) is 5.41 Å². The predicted octanol–water partition coefficient (Wildman–Crippen LogP) is 7.04. The molecule has 2 saturated heterocycles. The van der Waals surface area contributed by atoms with Crippen molar-refractivity contribution in [3.05, 3.63) is 101 Å². The average Bonchev–Trinajstić information content (AvgIpc) is 3.83. The van der Waals surface area contributed by atoms with Gasteiger partial charge in [-0.1, -0.05) is 92.6 Å². The summed E-state index contributed by atoms with van der Waals surface area (Å²) < 4.78 is 7.78. The normalized spacial score (nSPS) is 24.7.